The van der Waals surface area contributed by atoms with Gasteiger partial charge in [-0.1, -0.05) is 0 Å². The minimum atomic E-state index is -4.12. The third-order valence-corrected chi connectivity index (χ3v) is 6.25. The normalized spacial score (nSPS) is 15.9. The molecule has 0 saturated carbocycles. The van der Waals surface area contributed by atoms with Crippen LogP contribution in [0.15, 0.2) is 23.1 Å². The maximum atomic E-state index is 13.5. The van der Waals surface area contributed by atoms with E-state index in [2.05, 4.69) is 0 Å². The number of benzene rings is 1. The molecule has 1 fully saturated rings. The summed E-state index contributed by atoms with van der Waals surface area (Å²) in [6.07, 6.45) is 0.907. The Balaban J connectivity index is 2.09. The van der Waals surface area contributed by atoms with Crippen LogP contribution >= 0.6 is 0 Å². The van der Waals surface area contributed by atoms with E-state index in [9.17, 15) is 22.4 Å². The minimum Gasteiger partial charge on any atom is -0.495 e. The second kappa shape index (κ2) is 8.00. The van der Waals surface area contributed by atoms with Crippen LogP contribution in [0.2, 0.25) is 0 Å². The summed E-state index contributed by atoms with van der Waals surface area (Å²) in [6.45, 7) is 0.274. The standard InChI is InChI=1S/C16H22FN3O5S/c1-19(10-15(21)20-7-5-11(6-8-20)16(18)22)26(23,24)14-9-12(17)3-4-13(14)25-2/h3-4,9,11H,5-8,10H2,1-2H3,(H2,18,22). The van der Waals surface area contributed by atoms with Crippen LogP contribution in [0, 0.1) is 11.7 Å². The number of carbonyl (C=O) groups is 2. The summed E-state index contributed by atoms with van der Waals surface area (Å²) in [5.74, 6) is -1.79. The number of nitrogens with two attached hydrogens (primary N) is 1. The average molecular weight is 387 g/mol. The Morgan fingerprint density at radius 2 is 1.96 bits per heavy atom. The molecule has 0 radical (unpaired) electrons. The van der Waals surface area contributed by atoms with Gasteiger partial charge in [0.15, 0.2) is 0 Å². The number of piperidine rings is 1. The summed E-state index contributed by atoms with van der Waals surface area (Å²) in [7, 11) is -1.59. The molecule has 0 unspecified atom stereocenters. The number of carbonyl (C=O) groups excluding carboxylic acids is 2. The number of hydrogen-bond acceptors (Lipinski definition) is 5. The van der Waals surface area contributed by atoms with Crippen molar-refractivity contribution < 1.29 is 27.1 Å². The van der Waals surface area contributed by atoms with E-state index in [0.717, 1.165) is 16.4 Å². The smallest absolute Gasteiger partial charge is 0.247 e. The highest BCUT2D eigenvalue weighted by Crippen LogP contribution is 2.27. The van der Waals surface area contributed by atoms with Crippen molar-refractivity contribution in [3.63, 3.8) is 0 Å². The molecular weight excluding hydrogens is 365 g/mol. The summed E-state index contributed by atoms with van der Waals surface area (Å²) in [5.41, 5.74) is 5.26. The predicted molar refractivity (Wildman–Crippen MR) is 91.3 cm³/mol. The van der Waals surface area contributed by atoms with Gasteiger partial charge in [0.2, 0.25) is 21.8 Å². The fraction of sp³-hybridized carbons (Fsp3) is 0.500. The Bertz CT molecular complexity index is 791. The molecule has 0 aromatic heterocycles. The maximum absolute atomic E-state index is 13.5. The molecule has 0 atom stereocenters. The molecule has 2 amide bonds. The average Bonchev–Trinajstić information content (AvgIpc) is 2.61. The Morgan fingerprint density at radius 3 is 2.50 bits per heavy atom. The van der Waals surface area contributed by atoms with E-state index in [-0.39, 0.29) is 16.6 Å². The highest BCUT2D eigenvalue weighted by atomic mass is 32.2. The van der Waals surface area contributed by atoms with E-state index < -0.39 is 34.2 Å². The zero-order chi connectivity index (χ0) is 19.5. The van der Waals surface area contributed by atoms with E-state index in [1.807, 2.05) is 0 Å². The topological polar surface area (TPSA) is 110 Å². The van der Waals surface area contributed by atoms with Crippen molar-refractivity contribution in [2.45, 2.75) is 17.7 Å². The number of ether oxygens (including phenoxy) is 1. The molecule has 26 heavy (non-hydrogen) atoms. The number of hydrogen-bond donors (Lipinski definition) is 1. The molecule has 1 aliphatic rings. The van der Waals surface area contributed by atoms with Gasteiger partial charge in [0.05, 0.1) is 13.7 Å². The van der Waals surface area contributed by atoms with Crippen LogP contribution in [0.5, 0.6) is 5.75 Å². The number of methoxy groups -OCH3 is 1. The van der Waals surface area contributed by atoms with Gasteiger partial charge in [-0.15, -0.1) is 0 Å². The number of halogens is 1. The van der Waals surface area contributed by atoms with Crippen molar-refractivity contribution in [2.24, 2.45) is 11.7 Å². The number of nitrogens with zero attached hydrogens (tertiary/aromatic N) is 2. The summed E-state index contributed by atoms with van der Waals surface area (Å²) in [6, 6.07) is 3.16. The molecule has 1 saturated heterocycles. The Hall–Kier alpha value is -2.20. The molecule has 0 bridgehead atoms. The van der Waals surface area contributed by atoms with Crippen LogP contribution in [0.4, 0.5) is 4.39 Å². The van der Waals surface area contributed by atoms with E-state index in [4.69, 9.17) is 10.5 Å². The molecule has 1 aliphatic heterocycles. The van der Waals surface area contributed by atoms with Crippen LogP contribution < -0.4 is 10.5 Å². The van der Waals surface area contributed by atoms with E-state index in [0.29, 0.717) is 25.9 Å². The number of likely N-dealkylation sites (N-methyl/N-ethyl adjacent to an activating group) is 1. The molecule has 1 aromatic carbocycles. The van der Waals surface area contributed by atoms with Crippen LogP contribution in [-0.2, 0) is 19.6 Å². The van der Waals surface area contributed by atoms with Gasteiger partial charge in [-0.3, -0.25) is 9.59 Å². The van der Waals surface area contributed by atoms with Crippen molar-refractivity contribution in [3.8, 4) is 5.75 Å². The summed E-state index contributed by atoms with van der Waals surface area (Å²) >= 11 is 0. The minimum absolute atomic E-state index is 0.00651. The molecule has 2 N–H and O–H groups in total. The maximum Gasteiger partial charge on any atom is 0.247 e. The lowest BCUT2D eigenvalue weighted by molar-refractivity contribution is -0.134. The molecule has 1 aromatic rings. The van der Waals surface area contributed by atoms with Gasteiger partial charge in [-0.2, -0.15) is 4.31 Å². The van der Waals surface area contributed by atoms with Crippen LogP contribution in [-0.4, -0.2) is 63.2 Å². The van der Waals surface area contributed by atoms with Crippen LogP contribution in [0.3, 0.4) is 0 Å². The molecule has 2 rings (SSSR count). The summed E-state index contributed by atoms with van der Waals surface area (Å²) in [5, 5.41) is 0. The second-order valence-electron chi connectivity index (χ2n) is 6.11. The monoisotopic (exact) mass is 387 g/mol. The molecule has 144 valence electrons. The van der Waals surface area contributed by atoms with E-state index in [1.54, 1.807) is 0 Å². The number of sulfonamides is 1. The fourth-order valence-corrected chi connectivity index (χ4v) is 4.09. The van der Waals surface area contributed by atoms with Gasteiger partial charge in [-0.25, -0.2) is 12.8 Å². The van der Waals surface area contributed by atoms with E-state index in [1.165, 1.54) is 25.1 Å². The van der Waals surface area contributed by atoms with Gasteiger partial charge in [-0.05, 0) is 31.0 Å². The number of rotatable bonds is 6. The number of likely N-dealkylation sites (tertiary alicyclic amines) is 1. The Labute approximate surface area is 151 Å². The fourth-order valence-electron chi connectivity index (χ4n) is 2.81. The lowest BCUT2D eigenvalue weighted by atomic mass is 9.96. The zero-order valence-corrected chi connectivity index (χ0v) is 15.5. The first-order chi connectivity index (χ1) is 12.2. The molecular formula is C16H22FN3O5S. The molecule has 10 heteroatoms. The van der Waals surface area contributed by atoms with Crippen LogP contribution in [0.25, 0.3) is 0 Å². The van der Waals surface area contributed by atoms with Crippen molar-refractivity contribution in [3.05, 3.63) is 24.0 Å². The lowest BCUT2D eigenvalue weighted by Crippen LogP contribution is -2.46. The largest absolute Gasteiger partial charge is 0.495 e. The van der Waals surface area contributed by atoms with Crippen LogP contribution in [0.1, 0.15) is 12.8 Å². The highest BCUT2D eigenvalue weighted by molar-refractivity contribution is 7.89. The first kappa shape index (κ1) is 20.1. The SMILES string of the molecule is COc1ccc(F)cc1S(=O)(=O)N(C)CC(=O)N1CCC(C(N)=O)CC1. The number of amides is 2. The van der Waals surface area contributed by atoms with Crippen molar-refractivity contribution in [2.75, 3.05) is 33.8 Å². The zero-order valence-electron chi connectivity index (χ0n) is 14.6. The second-order valence-corrected chi connectivity index (χ2v) is 8.13. The van der Waals surface area contributed by atoms with E-state index >= 15 is 0 Å². The summed E-state index contributed by atoms with van der Waals surface area (Å²) in [4.78, 5) is 24.7. The summed E-state index contributed by atoms with van der Waals surface area (Å²) < 4.78 is 44.7. The highest BCUT2D eigenvalue weighted by Gasteiger charge is 2.30. The molecule has 1 heterocycles. The quantitative estimate of drug-likeness (QED) is 0.749. The van der Waals surface area contributed by atoms with Crippen molar-refractivity contribution >= 4 is 21.8 Å². The van der Waals surface area contributed by atoms with Gasteiger partial charge < -0.3 is 15.4 Å². The predicted octanol–water partition coefficient (Wildman–Crippen LogP) is 0.179. The third-order valence-electron chi connectivity index (χ3n) is 4.42. The third kappa shape index (κ3) is 4.31. The first-order valence-electron chi connectivity index (χ1n) is 8.03. The van der Waals surface area contributed by atoms with Crippen molar-refractivity contribution in [1.29, 1.82) is 0 Å². The Kier molecular flexibility index (Phi) is 6.19. The Morgan fingerprint density at radius 1 is 1.35 bits per heavy atom. The first-order valence-corrected chi connectivity index (χ1v) is 9.47. The number of primary amides is 1. The molecule has 0 spiro atoms. The molecule has 0 aliphatic carbocycles. The lowest BCUT2D eigenvalue weighted by Gasteiger charge is -2.31. The molecule has 8 nitrogen and oxygen atoms in total. The van der Waals surface area contributed by atoms with Gasteiger partial charge in [0, 0.05) is 26.1 Å². The van der Waals surface area contributed by atoms with Crippen molar-refractivity contribution in [1.82, 2.24) is 9.21 Å². The van der Waals surface area contributed by atoms with Gasteiger partial charge in [0.25, 0.3) is 0 Å². The van der Waals surface area contributed by atoms with Gasteiger partial charge >= 0.3 is 0 Å². The van der Waals surface area contributed by atoms with Gasteiger partial charge in [0.1, 0.15) is 16.5 Å².